The van der Waals surface area contributed by atoms with Crippen LogP contribution in [0.1, 0.15) is 5.69 Å². The van der Waals surface area contributed by atoms with E-state index in [0.717, 1.165) is 16.8 Å². The first kappa shape index (κ1) is 17.8. The van der Waals surface area contributed by atoms with Crippen molar-refractivity contribution in [2.75, 3.05) is 0 Å². The van der Waals surface area contributed by atoms with Gasteiger partial charge in [0.25, 0.3) is 5.56 Å². The summed E-state index contributed by atoms with van der Waals surface area (Å²) in [4.78, 5) is 11.0. The third-order valence-electron chi connectivity index (χ3n) is 2.36. The second-order valence-electron chi connectivity index (χ2n) is 3.80. The molecule has 1 aromatic carbocycles. The first-order valence-corrected chi connectivity index (χ1v) is 7.10. The summed E-state index contributed by atoms with van der Waals surface area (Å²) in [5.41, 5.74) is 0.378. The van der Waals surface area contributed by atoms with Crippen molar-refractivity contribution < 1.29 is 42.5 Å². The number of aromatic amines is 1. The Labute approximate surface area is 146 Å². The smallest absolute Gasteiger partial charge is 0.744 e. The second kappa shape index (κ2) is 6.23. The zero-order valence-electron chi connectivity index (χ0n) is 10.5. The molecule has 0 amide bonds. The van der Waals surface area contributed by atoms with Gasteiger partial charge >= 0.3 is 29.6 Å². The number of nitrogens with one attached hydrogen (secondary N) is 1. The van der Waals surface area contributed by atoms with E-state index < -0.39 is 15.0 Å². The molecule has 0 saturated heterocycles. The molecule has 10 heteroatoms. The summed E-state index contributed by atoms with van der Waals surface area (Å²) in [7, 11) is -4.72. The Balaban J connectivity index is 0.00000200. The van der Waals surface area contributed by atoms with Crippen molar-refractivity contribution in [3.05, 3.63) is 44.3 Å². The largest absolute Gasteiger partial charge is 1.00 e. The molecule has 2 rings (SSSR count). The number of rotatable bonds is 2. The number of hydrogen-bond acceptors (Lipinski definition) is 4. The van der Waals surface area contributed by atoms with E-state index in [1.165, 1.54) is 6.07 Å². The van der Waals surface area contributed by atoms with Gasteiger partial charge in [-0.1, -0.05) is 23.2 Å². The van der Waals surface area contributed by atoms with Crippen LogP contribution in [0.3, 0.4) is 0 Å². The van der Waals surface area contributed by atoms with Crippen LogP contribution < -0.4 is 35.1 Å². The van der Waals surface area contributed by atoms with Crippen LogP contribution in [0.5, 0.6) is 0 Å². The number of nitrogens with zero attached hydrogens (tertiary/aromatic N) is 1. The van der Waals surface area contributed by atoms with Crippen LogP contribution >= 0.6 is 23.2 Å². The minimum atomic E-state index is -4.72. The van der Waals surface area contributed by atoms with Gasteiger partial charge in [-0.2, -0.15) is 0 Å². The maximum Gasteiger partial charge on any atom is 1.00 e. The van der Waals surface area contributed by atoms with Gasteiger partial charge in [-0.3, -0.25) is 9.89 Å². The molecule has 0 spiro atoms. The van der Waals surface area contributed by atoms with Gasteiger partial charge in [-0.05, 0) is 19.1 Å². The Morgan fingerprint density at radius 2 is 1.80 bits per heavy atom. The SMILES string of the molecule is Cc1cc(=O)n(-c2cc(Cl)c(S(=O)(=O)[O-])cc2Cl)[nH]1.[Na+]. The Hall–Kier alpha value is -0.280. The first-order chi connectivity index (χ1) is 8.70. The zero-order chi connectivity index (χ0) is 14.4. The van der Waals surface area contributed by atoms with E-state index in [1.54, 1.807) is 6.92 Å². The maximum atomic E-state index is 11.6. The quantitative estimate of drug-likeness (QED) is 0.540. The Morgan fingerprint density at radius 3 is 2.25 bits per heavy atom. The molecule has 2 aromatic rings. The van der Waals surface area contributed by atoms with Crippen molar-refractivity contribution in [2.45, 2.75) is 11.8 Å². The van der Waals surface area contributed by atoms with Crippen molar-refractivity contribution in [1.29, 1.82) is 0 Å². The molecule has 6 nitrogen and oxygen atoms in total. The number of halogens is 2. The monoisotopic (exact) mass is 344 g/mol. The molecular weight excluding hydrogens is 338 g/mol. The van der Waals surface area contributed by atoms with Gasteiger partial charge in [0.05, 0.1) is 20.6 Å². The van der Waals surface area contributed by atoms with Crippen LogP contribution in [0, 0.1) is 6.92 Å². The molecule has 0 aliphatic rings. The van der Waals surface area contributed by atoms with Crippen LogP contribution in [-0.2, 0) is 10.1 Å². The fourth-order valence-electron chi connectivity index (χ4n) is 1.57. The van der Waals surface area contributed by atoms with Crippen molar-refractivity contribution in [3.8, 4) is 5.69 Å². The fourth-order valence-corrected chi connectivity index (χ4v) is 2.89. The molecule has 0 aliphatic carbocycles. The Morgan fingerprint density at radius 1 is 1.20 bits per heavy atom. The van der Waals surface area contributed by atoms with Crippen LogP contribution in [0.4, 0.5) is 0 Å². The summed E-state index contributed by atoms with van der Waals surface area (Å²) in [6, 6.07) is 3.40. The Kier molecular flexibility index (Phi) is 5.53. The summed E-state index contributed by atoms with van der Waals surface area (Å²) >= 11 is 11.6. The molecule has 0 unspecified atom stereocenters. The van der Waals surface area contributed by atoms with E-state index in [0.29, 0.717) is 5.69 Å². The van der Waals surface area contributed by atoms with Crippen molar-refractivity contribution in [2.24, 2.45) is 0 Å². The minimum absolute atomic E-state index is 0. The number of benzene rings is 1. The standard InChI is InChI=1S/C10H8Cl2N2O4S.Na/c1-5-2-10(15)14(13-5)8-3-7(12)9(4-6(8)11)19(16,17)18;/h2-4,13H,1H3,(H,16,17,18);/q;+1/p-1. The molecule has 0 saturated carbocycles. The molecule has 1 aromatic heterocycles. The topological polar surface area (TPSA) is 95.0 Å². The summed E-state index contributed by atoms with van der Waals surface area (Å²) in [5, 5.41) is 2.34. The van der Waals surface area contributed by atoms with E-state index in [1.807, 2.05) is 0 Å². The van der Waals surface area contributed by atoms with Crippen LogP contribution in [0.25, 0.3) is 5.69 Å². The maximum absolute atomic E-state index is 11.6. The summed E-state index contributed by atoms with van der Waals surface area (Å²) in [5.74, 6) is 0. The van der Waals surface area contributed by atoms with Gasteiger partial charge in [-0.25, -0.2) is 13.1 Å². The van der Waals surface area contributed by atoms with E-state index in [2.05, 4.69) is 5.10 Å². The van der Waals surface area contributed by atoms with E-state index in [9.17, 15) is 17.8 Å². The van der Waals surface area contributed by atoms with Gasteiger partial charge in [0, 0.05) is 11.8 Å². The van der Waals surface area contributed by atoms with Crippen molar-refractivity contribution in [1.82, 2.24) is 9.78 Å². The molecule has 1 heterocycles. The van der Waals surface area contributed by atoms with Crippen LogP contribution in [0.15, 0.2) is 27.9 Å². The summed E-state index contributed by atoms with van der Waals surface area (Å²) < 4.78 is 34.0. The molecule has 102 valence electrons. The molecule has 20 heavy (non-hydrogen) atoms. The van der Waals surface area contributed by atoms with Crippen LogP contribution in [0.2, 0.25) is 10.0 Å². The van der Waals surface area contributed by atoms with E-state index in [-0.39, 0.29) is 50.8 Å². The molecular formula is C10H7Cl2N2NaO4S. The van der Waals surface area contributed by atoms with Gasteiger partial charge in [0.1, 0.15) is 10.1 Å². The first-order valence-electron chi connectivity index (χ1n) is 4.94. The van der Waals surface area contributed by atoms with Gasteiger partial charge < -0.3 is 4.55 Å². The van der Waals surface area contributed by atoms with Gasteiger partial charge in [-0.15, -0.1) is 0 Å². The molecule has 1 N–H and O–H groups in total. The van der Waals surface area contributed by atoms with Crippen molar-refractivity contribution >= 4 is 33.3 Å². The number of hydrogen-bond donors (Lipinski definition) is 1. The zero-order valence-corrected chi connectivity index (χ0v) is 14.8. The third kappa shape index (κ3) is 3.48. The molecule has 0 aliphatic heterocycles. The molecule has 0 fully saturated rings. The van der Waals surface area contributed by atoms with Crippen LogP contribution in [-0.4, -0.2) is 22.8 Å². The average molecular weight is 345 g/mol. The second-order valence-corrected chi connectivity index (χ2v) is 5.96. The molecule has 0 atom stereocenters. The van der Waals surface area contributed by atoms with E-state index >= 15 is 0 Å². The molecule has 0 radical (unpaired) electrons. The number of H-pyrrole nitrogens is 1. The predicted octanol–water partition coefficient (Wildman–Crippen LogP) is -1.31. The molecule has 0 bridgehead atoms. The summed E-state index contributed by atoms with van der Waals surface area (Å²) in [6.07, 6.45) is 0. The van der Waals surface area contributed by atoms with E-state index in [4.69, 9.17) is 23.2 Å². The third-order valence-corrected chi connectivity index (χ3v) is 3.96. The number of aryl methyl sites for hydroxylation is 1. The van der Waals surface area contributed by atoms with Gasteiger partial charge in [0.15, 0.2) is 0 Å². The Bertz CT molecular complexity index is 813. The van der Waals surface area contributed by atoms with Crippen molar-refractivity contribution in [3.63, 3.8) is 0 Å². The predicted molar refractivity (Wildman–Crippen MR) is 69.1 cm³/mol. The minimum Gasteiger partial charge on any atom is -0.744 e. The average Bonchev–Trinajstić information content (AvgIpc) is 2.59. The fraction of sp³-hybridized carbons (Fsp3) is 0.100. The normalized spacial score (nSPS) is 11.2. The summed E-state index contributed by atoms with van der Waals surface area (Å²) in [6.45, 7) is 1.67. The van der Waals surface area contributed by atoms with Gasteiger partial charge in [0.2, 0.25) is 0 Å². The number of aromatic nitrogens is 2.